The maximum absolute atomic E-state index is 11.3. The molecule has 0 spiro atoms. The summed E-state index contributed by atoms with van der Waals surface area (Å²) in [7, 11) is 0. The fourth-order valence-electron chi connectivity index (χ4n) is 2.72. The molecule has 0 aromatic heterocycles. The monoisotopic (exact) mass is 210 g/mol. The van der Waals surface area contributed by atoms with E-state index >= 15 is 0 Å². The standard InChI is InChI=1S/C12H22N2O/c1-2-12(15)10-13-8-5-11(9-13)14-6-3-4-7-14/h11H,2-10H2,1H3. The molecule has 0 aromatic rings. The molecule has 2 fully saturated rings. The van der Waals surface area contributed by atoms with Crippen LogP contribution < -0.4 is 0 Å². The summed E-state index contributed by atoms with van der Waals surface area (Å²) in [6.45, 7) is 7.43. The fraction of sp³-hybridized carbons (Fsp3) is 0.917. The molecule has 0 N–H and O–H groups in total. The van der Waals surface area contributed by atoms with Crippen molar-refractivity contribution in [1.29, 1.82) is 0 Å². The SMILES string of the molecule is CCC(=O)CN1CCC(N2CCCC2)C1. The molecular weight excluding hydrogens is 188 g/mol. The highest BCUT2D eigenvalue weighted by Gasteiger charge is 2.29. The van der Waals surface area contributed by atoms with Gasteiger partial charge in [-0.15, -0.1) is 0 Å². The molecule has 2 saturated heterocycles. The van der Waals surface area contributed by atoms with Crippen LogP contribution in [-0.4, -0.2) is 54.3 Å². The molecular formula is C12H22N2O. The lowest BCUT2D eigenvalue weighted by atomic mass is 10.2. The van der Waals surface area contributed by atoms with Gasteiger partial charge in [-0.1, -0.05) is 6.92 Å². The number of ketones is 1. The smallest absolute Gasteiger partial charge is 0.146 e. The Balaban J connectivity index is 1.76. The number of hydrogen-bond acceptors (Lipinski definition) is 3. The molecule has 3 nitrogen and oxygen atoms in total. The highest BCUT2D eigenvalue weighted by molar-refractivity contribution is 5.80. The summed E-state index contributed by atoms with van der Waals surface area (Å²) >= 11 is 0. The van der Waals surface area contributed by atoms with Gasteiger partial charge in [0.1, 0.15) is 5.78 Å². The van der Waals surface area contributed by atoms with E-state index in [1.54, 1.807) is 0 Å². The van der Waals surface area contributed by atoms with E-state index in [0.717, 1.165) is 19.1 Å². The van der Waals surface area contributed by atoms with Gasteiger partial charge in [-0.05, 0) is 32.4 Å². The molecule has 1 atom stereocenters. The van der Waals surface area contributed by atoms with Crippen LogP contribution in [0.3, 0.4) is 0 Å². The van der Waals surface area contributed by atoms with E-state index in [1.807, 2.05) is 6.92 Å². The van der Waals surface area contributed by atoms with Crippen LogP contribution in [0.2, 0.25) is 0 Å². The third-order valence-electron chi connectivity index (χ3n) is 3.70. The molecule has 0 saturated carbocycles. The first-order valence-electron chi connectivity index (χ1n) is 6.27. The minimum absolute atomic E-state index is 0.386. The molecule has 2 rings (SSSR count). The van der Waals surface area contributed by atoms with Crippen LogP contribution >= 0.6 is 0 Å². The first kappa shape index (κ1) is 11.1. The topological polar surface area (TPSA) is 23.6 Å². The van der Waals surface area contributed by atoms with Gasteiger partial charge in [0.2, 0.25) is 0 Å². The average Bonchev–Trinajstić information content (AvgIpc) is 2.85. The normalized spacial score (nSPS) is 28.7. The minimum Gasteiger partial charge on any atom is -0.299 e. The van der Waals surface area contributed by atoms with Crippen molar-refractivity contribution < 1.29 is 4.79 Å². The van der Waals surface area contributed by atoms with Crippen LogP contribution in [-0.2, 0) is 4.79 Å². The van der Waals surface area contributed by atoms with Crippen LogP contribution in [0, 0.1) is 0 Å². The van der Waals surface area contributed by atoms with Crippen molar-refractivity contribution in [3.05, 3.63) is 0 Å². The molecule has 2 aliphatic rings. The lowest BCUT2D eigenvalue weighted by Gasteiger charge is -2.23. The Labute approximate surface area is 92.4 Å². The molecule has 2 heterocycles. The summed E-state index contributed by atoms with van der Waals surface area (Å²) in [6.07, 6.45) is 4.68. The Morgan fingerprint density at radius 2 is 2.00 bits per heavy atom. The van der Waals surface area contributed by atoms with E-state index in [4.69, 9.17) is 0 Å². The molecule has 0 amide bonds. The van der Waals surface area contributed by atoms with Crippen molar-refractivity contribution >= 4 is 5.78 Å². The van der Waals surface area contributed by atoms with Crippen molar-refractivity contribution in [3.8, 4) is 0 Å². The van der Waals surface area contributed by atoms with Gasteiger partial charge in [0, 0.05) is 25.6 Å². The summed E-state index contributed by atoms with van der Waals surface area (Å²) < 4.78 is 0. The first-order valence-corrected chi connectivity index (χ1v) is 6.27. The Morgan fingerprint density at radius 1 is 1.27 bits per heavy atom. The Kier molecular flexibility index (Phi) is 3.76. The van der Waals surface area contributed by atoms with Gasteiger partial charge >= 0.3 is 0 Å². The lowest BCUT2D eigenvalue weighted by molar-refractivity contribution is -0.119. The number of rotatable bonds is 4. The quantitative estimate of drug-likeness (QED) is 0.695. The van der Waals surface area contributed by atoms with Crippen molar-refractivity contribution in [1.82, 2.24) is 9.80 Å². The van der Waals surface area contributed by atoms with E-state index in [2.05, 4.69) is 9.80 Å². The number of likely N-dealkylation sites (tertiary alicyclic amines) is 2. The van der Waals surface area contributed by atoms with Gasteiger partial charge in [0.05, 0.1) is 6.54 Å². The van der Waals surface area contributed by atoms with Gasteiger partial charge in [0.25, 0.3) is 0 Å². The maximum Gasteiger partial charge on any atom is 0.146 e. The molecule has 15 heavy (non-hydrogen) atoms. The Morgan fingerprint density at radius 3 is 2.67 bits per heavy atom. The van der Waals surface area contributed by atoms with Crippen LogP contribution in [0.25, 0.3) is 0 Å². The van der Waals surface area contributed by atoms with Gasteiger partial charge in [-0.3, -0.25) is 14.6 Å². The van der Waals surface area contributed by atoms with Crippen molar-refractivity contribution in [2.24, 2.45) is 0 Å². The third-order valence-corrected chi connectivity index (χ3v) is 3.70. The maximum atomic E-state index is 11.3. The molecule has 2 aliphatic heterocycles. The van der Waals surface area contributed by atoms with Gasteiger partial charge in [-0.2, -0.15) is 0 Å². The number of carbonyl (C=O) groups is 1. The second kappa shape index (κ2) is 5.08. The van der Waals surface area contributed by atoms with Gasteiger partial charge < -0.3 is 0 Å². The first-order chi connectivity index (χ1) is 7.29. The third kappa shape index (κ3) is 2.79. The number of nitrogens with zero attached hydrogens (tertiary/aromatic N) is 2. The molecule has 86 valence electrons. The average molecular weight is 210 g/mol. The summed E-state index contributed by atoms with van der Waals surface area (Å²) in [5.74, 6) is 0.386. The number of hydrogen-bond donors (Lipinski definition) is 0. The summed E-state index contributed by atoms with van der Waals surface area (Å²) in [4.78, 5) is 16.3. The summed E-state index contributed by atoms with van der Waals surface area (Å²) in [6, 6.07) is 0.733. The van der Waals surface area contributed by atoms with Crippen molar-refractivity contribution in [2.45, 2.75) is 38.6 Å². The molecule has 0 bridgehead atoms. The lowest BCUT2D eigenvalue weighted by Crippen LogP contribution is -2.36. The predicted octanol–water partition coefficient (Wildman–Crippen LogP) is 1.14. The zero-order chi connectivity index (χ0) is 10.7. The van der Waals surface area contributed by atoms with Crippen LogP contribution in [0.15, 0.2) is 0 Å². The zero-order valence-electron chi connectivity index (χ0n) is 9.74. The van der Waals surface area contributed by atoms with Crippen molar-refractivity contribution in [3.63, 3.8) is 0 Å². The Hall–Kier alpha value is -0.410. The summed E-state index contributed by atoms with van der Waals surface area (Å²) in [5.41, 5.74) is 0. The number of Topliss-reactive ketones (excluding diaryl/α,β-unsaturated/α-hetero) is 1. The second-order valence-corrected chi connectivity index (χ2v) is 4.81. The largest absolute Gasteiger partial charge is 0.299 e. The van der Waals surface area contributed by atoms with Gasteiger partial charge in [0.15, 0.2) is 0 Å². The second-order valence-electron chi connectivity index (χ2n) is 4.81. The van der Waals surface area contributed by atoms with Crippen LogP contribution in [0.1, 0.15) is 32.6 Å². The molecule has 1 unspecified atom stereocenters. The fourth-order valence-corrected chi connectivity index (χ4v) is 2.72. The van der Waals surface area contributed by atoms with Crippen molar-refractivity contribution in [2.75, 3.05) is 32.7 Å². The van der Waals surface area contributed by atoms with E-state index in [0.29, 0.717) is 18.7 Å². The van der Waals surface area contributed by atoms with E-state index in [-0.39, 0.29) is 0 Å². The van der Waals surface area contributed by atoms with Crippen LogP contribution in [0.5, 0.6) is 0 Å². The number of carbonyl (C=O) groups excluding carboxylic acids is 1. The zero-order valence-corrected chi connectivity index (χ0v) is 9.74. The van der Waals surface area contributed by atoms with E-state index < -0.39 is 0 Å². The van der Waals surface area contributed by atoms with Gasteiger partial charge in [-0.25, -0.2) is 0 Å². The molecule has 0 radical (unpaired) electrons. The summed E-state index contributed by atoms with van der Waals surface area (Å²) in [5, 5.41) is 0. The molecule has 0 aromatic carbocycles. The highest BCUT2D eigenvalue weighted by Crippen LogP contribution is 2.20. The molecule has 0 aliphatic carbocycles. The van der Waals surface area contributed by atoms with E-state index in [9.17, 15) is 4.79 Å². The highest BCUT2D eigenvalue weighted by atomic mass is 16.1. The predicted molar refractivity (Wildman–Crippen MR) is 61.0 cm³/mol. The van der Waals surface area contributed by atoms with E-state index in [1.165, 1.54) is 32.4 Å². The molecule has 3 heteroatoms. The minimum atomic E-state index is 0.386. The van der Waals surface area contributed by atoms with Crippen LogP contribution in [0.4, 0.5) is 0 Å². The Bertz CT molecular complexity index is 224.